The van der Waals surface area contributed by atoms with Crippen LogP contribution in [0.5, 0.6) is 0 Å². The van der Waals surface area contributed by atoms with E-state index < -0.39 is 9.84 Å². The molecule has 8 heteroatoms. The van der Waals surface area contributed by atoms with E-state index in [1.54, 1.807) is 0 Å². The van der Waals surface area contributed by atoms with Gasteiger partial charge in [0.25, 0.3) is 5.89 Å². The Balaban J connectivity index is 1.76. The minimum atomic E-state index is -3.50. The molecule has 1 aromatic carbocycles. The molecule has 0 aliphatic carbocycles. The van der Waals surface area contributed by atoms with Crippen molar-refractivity contribution < 1.29 is 12.8 Å². The summed E-state index contributed by atoms with van der Waals surface area (Å²) in [5, 5.41) is 8.16. The number of sulfone groups is 1. The number of nitrogens with zero attached hydrogens (tertiary/aromatic N) is 2. The molecule has 0 atom stereocenters. The molecule has 23 heavy (non-hydrogen) atoms. The fraction of sp³-hybridized carbons (Fsp3) is 0.0667. The molecule has 116 valence electrons. The summed E-state index contributed by atoms with van der Waals surface area (Å²) in [6.45, 7) is 0. The second kappa shape index (κ2) is 5.04. The maximum Gasteiger partial charge on any atom is 0.335 e. The first kappa shape index (κ1) is 14.2. The Labute approximate surface area is 135 Å². The van der Waals surface area contributed by atoms with Crippen LogP contribution in [0.4, 0.5) is 0 Å². The lowest BCUT2D eigenvalue weighted by Crippen LogP contribution is -1.96. The molecule has 0 aliphatic heterocycles. The summed E-state index contributed by atoms with van der Waals surface area (Å²) in [7, 11) is -3.50. The second-order valence-corrected chi connectivity index (χ2v) is 8.03. The number of H-pyrrole nitrogens is 1. The van der Waals surface area contributed by atoms with Crippen molar-refractivity contribution in [2.24, 2.45) is 0 Å². The van der Waals surface area contributed by atoms with E-state index in [1.165, 1.54) is 11.3 Å². The highest BCUT2D eigenvalue weighted by atomic mass is 32.2. The number of fused-ring (bicyclic) bond motifs is 1. The number of nitrogens with one attached hydrogen (secondary N) is 1. The predicted octanol–water partition coefficient (Wildman–Crippen LogP) is 3.35. The van der Waals surface area contributed by atoms with Crippen LogP contribution in [0, 0.1) is 0 Å². The fourth-order valence-corrected chi connectivity index (χ4v) is 3.71. The maximum absolute atomic E-state index is 11.4. The van der Waals surface area contributed by atoms with Gasteiger partial charge in [0.2, 0.25) is 9.84 Å². The first-order valence-electron chi connectivity index (χ1n) is 6.72. The number of para-hydroxylation sites is 1. The highest BCUT2D eigenvalue weighted by Crippen LogP contribution is 2.37. The molecule has 3 heterocycles. The van der Waals surface area contributed by atoms with Gasteiger partial charge in [-0.05, 0) is 18.2 Å². The molecule has 3 aromatic heterocycles. The Hall–Kier alpha value is -2.45. The fourth-order valence-electron chi connectivity index (χ4n) is 2.33. The molecule has 0 saturated carbocycles. The van der Waals surface area contributed by atoms with E-state index in [-0.39, 0.29) is 11.1 Å². The molecule has 4 rings (SSSR count). The Morgan fingerprint density at radius 1 is 1.09 bits per heavy atom. The largest absolute Gasteiger partial charge is 0.407 e. The summed E-state index contributed by atoms with van der Waals surface area (Å²) >= 11 is 1.47. The number of aromatic nitrogens is 3. The van der Waals surface area contributed by atoms with Gasteiger partial charge >= 0.3 is 5.22 Å². The zero-order chi connectivity index (χ0) is 16.0. The molecule has 0 bridgehead atoms. The van der Waals surface area contributed by atoms with Gasteiger partial charge in [-0.3, -0.25) is 0 Å². The summed E-state index contributed by atoms with van der Waals surface area (Å²) in [4.78, 5) is 5.00. The van der Waals surface area contributed by atoms with E-state index in [9.17, 15) is 8.42 Å². The van der Waals surface area contributed by atoms with E-state index in [2.05, 4.69) is 21.2 Å². The summed E-state index contributed by atoms with van der Waals surface area (Å²) < 4.78 is 28.1. The topological polar surface area (TPSA) is 88.9 Å². The van der Waals surface area contributed by atoms with E-state index in [4.69, 9.17) is 4.42 Å². The molecular formula is C15H11N3O3S2. The van der Waals surface area contributed by atoms with Crippen molar-refractivity contribution >= 4 is 32.1 Å². The third-order valence-electron chi connectivity index (χ3n) is 3.40. The molecule has 0 aliphatic rings. The van der Waals surface area contributed by atoms with E-state index in [0.717, 1.165) is 32.5 Å². The molecule has 1 N–H and O–H groups in total. The summed E-state index contributed by atoms with van der Waals surface area (Å²) in [5.41, 5.74) is 2.15. The van der Waals surface area contributed by atoms with E-state index in [1.807, 2.05) is 36.5 Å². The normalized spacial score (nSPS) is 12.0. The van der Waals surface area contributed by atoms with Gasteiger partial charge in [-0.25, -0.2) is 8.42 Å². The average molecular weight is 345 g/mol. The van der Waals surface area contributed by atoms with Crippen molar-refractivity contribution in [2.45, 2.75) is 5.22 Å². The second-order valence-electron chi connectivity index (χ2n) is 5.06. The van der Waals surface area contributed by atoms with Gasteiger partial charge in [-0.1, -0.05) is 23.3 Å². The van der Waals surface area contributed by atoms with Crippen LogP contribution in [0.15, 0.2) is 52.2 Å². The lowest BCUT2D eigenvalue weighted by molar-refractivity contribution is 0.442. The smallest absolute Gasteiger partial charge is 0.335 e. The van der Waals surface area contributed by atoms with Gasteiger partial charge in [-0.15, -0.1) is 16.4 Å². The quantitative estimate of drug-likeness (QED) is 0.615. The van der Waals surface area contributed by atoms with Crippen LogP contribution in [-0.2, 0) is 9.84 Å². The van der Waals surface area contributed by atoms with Crippen molar-refractivity contribution in [1.29, 1.82) is 0 Å². The maximum atomic E-state index is 11.4. The van der Waals surface area contributed by atoms with Gasteiger partial charge in [0.05, 0.1) is 4.88 Å². The number of benzene rings is 1. The highest BCUT2D eigenvalue weighted by molar-refractivity contribution is 7.90. The average Bonchev–Trinajstić information content (AvgIpc) is 3.24. The molecule has 0 spiro atoms. The number of aromatic amines is 1. The summed E-state index contributed by atoms with van der Waals surface area (Å²) in [6.07, 6.45) is 2.99. The van der Waals surface area contributed by atoms with Crippen molar-refractivity contribution in [3.05, 3.63) is 42.6 Å². The number of rotatable bonds is 3. The zero-order valence-electron chi connectivity index (χ0n) is 12.0. The van der Waals surface area contributed by atoms with Crippen LogP contribution < -0.4 is 0 Å². The molecule has 0 fully saturated rings. The van der Waals surface area contributed by atoms with Crippen LogP contribution in [0.3, 0.4) is 0 Å². The number of hydrogen-bond donors (Lipinski definition) is 1. The molecule has 4 aromatic rings. The molecule has 6 nitrogen and oxygen atoms in total. The van der Waals surface area contributed by atoms with Crippen LogP contribution in [0.1, 0.15) is 0 Å². The first-order chi connectivity index (χ1) is 11.0. The van der Waals surface area contributed by atoms with Crippen LogP contribution in [0.25, 0.3) is 32.1 Å². The summed E-state index contributed by atoms with van der Waals surface area (Å²) in [6, 6.07) is 11.8. The third-order valence-corrected chi connectivity index (χ3v) is 5.30. The lowest BCUT2D eigenvalue weighted by atomic mass is 10.1. The van der Waals surface area contributed by atoms with Gasteiger partial charge in [-0.2, -0.15) is 0 Å². The van der Waals surface area contributed by atoms with Gasteiger partial charge in [0.1, 0.15) is 0 Å². The Morgan fingerprint density at radius 3 is 2.65 bits per heavy atom. The minimum absolute atomic E-state index is 0.210. The van der Waals surface area contributed by atoms with Crippen molar-refractivity contribution in [3.63, 3.8) is 0 Å². The highest BCUT2D eigenvalue weighted by Gasteiger charge is 2.19. The molecule has 0 radical (unpaired) electrons. The minimum Gasteiger partial charge on any atom is -0.407 e. The van der Waals surface area contributed by atoms with Crippen LogP contribution in [-0.4, -0.2) is 29.9 Å². The van der Waals surface area contributed by atoms with E-state index >= 15 is 0 Å². The number of hydrogen-bond acceptors (Lipinski definition) is 6. The summed E-state index contributed by atoms with van der Waals surface area (Å²) in [5.74, 6) is 0.210. The zero-order valence-corrected chi connectivity index (χ0v) is 13.6. The standard InChI is InChI=1S/C15H11N3O3S2/c1-23(19,20)15-18-17-14(21-15)13-7-6-12(22-13)10-8-16-11-5-3-2-4-9(10)11/h2-8,16H,1H3. The van der Waals surface area contributed by atoms with Crippen molar-refractivity contribution in [1.82, 2.24) is 15.2 Å². The van der Waals surface area contributed by atoms with Gasteiger partial charge < -0.3 is 9.40 Å². The Kier molecular flexibility index (Phi) is 3.10. The lowest BCUT2D eigenvalue weighted by Gasteiger charge is -1.94. The van der Waals surface area contributed by atoms with Crippen LogP contribution >= 0.6 is 11.3 Å². The predicted molar refractivity (Wildman–Crippen MR) is 88.0 cm³/mol. The number of thiophene rings is 1. The van der Waals surface area contributed by atoms with Gasteiger partial charge in [0, 0.05) is 33.8 Å². The Morgan fingerprint density at radius 2 is 1.87 bits per heavy atom. The third kappa shape index (κ3) is 2.45. The van der Waals surface area contributed by atoms with E-state index in [0.29, 0.717) is 0 Å². The van der Waals surface area contributed by atoms with Crippen LogP contribution in [0.2, 0.25) is 0 Å². The monoisotopic (exact) mass is 345 g/mol. The Bertz CT molecular complexity index is 1110. The van der Waals surface area contributed by atoms with Gasteiger partial charge in [0.15, 0.2) is 0 Å². The van der Waals surface area contributed by atoms with Crippen molar-refractivity contribution in [2.75, 3.05) is 6.26 Å². The van der Waals surface area contributed by atoms with Crippen molar-refractivity contribution in [3.8, 4) is 21.2 Å². The SMILES string of the molecule is CS(=O)(=O)c1nnc(-c2ccc(-c3c[nH]c4ccccc34)s2)o1. The molecule has 0 amide bonds. The first-order valence-corrected chi connectivity index (χ1v) is 9.43. The molecule has 0 saturated heterocycles. The molecular weight excluding hydrogens is 334 g/mol. The molecule has 0 unspecified atom stereocenters.